The molecule has 4 nitrogen and oxygen atoms in total. The lowest BCUT2D eigenvalue weighted by Gasteiger charge is -2.35. The minimum Gasteiger partial charge on any atom is -0.544 e. The molecule has 1 saturated heterocycles. The maximum absolute atomic E-state index is 11.0. The number of hydrogen-bond acceptors (Lipinski definition) is 3. The van der Waals surface area contributed by atoms with Crippen LogP contribution in [0.2, 0.25) is 0 Å². The molecular formula is C13H16N2O2. The number of carboxylic acids is 1. The van der Waals surface area contributed by atoms with Gasteiger partial charge in [-0.25, -0.2) is 0 Å². The van der Waals surface area contributed by atoms with Gasteiger partial charge in [0.1, 0.15) is 12.1 Å². The third-order valence-electron chi connectivity index (χ3n) is 4.03. The van der Waals surface area contributed by atoms with Crippen LogP contribution in [0.4, 0.5) is 5.69 Å². The van der Waals surface area contributed by atoms with Gasteiger partial charge in [-0.05, 0) is 18.6 Å². The lowest BCUT2D eigenvalue weighted by Crippen LogP contribution is -3.01. The monoisotopic (exact) mass is 232 g/mol. The first-order chi connectivity index (χ1) is 8.16. The summed E-state index contributed by atoms with van der Waals surface area (Å²) in [5.41, 5.74) is 2.41. The number of quaternary nitrogens is 1. The van der Waals surface area contributed by atoms with E-state index < -0.39 is 12.0 Å². The summed E-state index contributed by atoms with van der Waals surface area (Å²) >= 11 is 0. The van der Waals surface area contributed by atoms with Gasteiger partial charge in [0.05, 0.1) is 12.0 Å². The fourth-order valence-electron chi connectivity index (χ4n) is 3.21. The van der Waals surface area contributed by atoms with E-state index in [4.69, 9.17) is 0 Å². The Bertz CT molecular complexity index is 460. The molecular weight excluding hydrogens is 216 g/mol. The van der Waals surface area contributed by atoms with Crippen molar-refractivity contribution in [3.05, 3.63) is 29.8 Å². The van der Waals surface area contributed by atoms with Gasteiger partial charge in [-0.1, -0.05) is 18.2 Å². The summed E-state index contributed by atoms with van der Waals surface area (Å²) in [5, 5.41) is 16.5. The van der Waals surface area contributed by atoms with Crippen molar-refractivity contribution < 1.29 is 15.2 Å². The fourth-order valence-corrected chi connectivity index (χ4v) is 3.21. The zero-order valence-corrected chi connectivity index (χ0v) is 9.72. The molecule has 0 amide bonds. The summed E-state index contributed by atoms with van der Waals surface area (Å²) in [5.74, 6) is -0.645. The maximum Gasteiger partial charge on any atom is 0.127 e. The van der Waals surface area contributed by atoms with E-state index in [9.17, 15) is 9.90 Å². The van der Waals surface area contributed by atoms with Crippen molar-refractivity contribution in [2.45, 2.75) is 37.4 Å². The van der Waals surface area contributed by atoms with Gasteiger partial charge >= 0.3 is 0 Å². The van der Waals surface area contributed by atoms with Crippen molar-refractivity contribution in [3.63, 3.8) is 0 Å². The average Bonchev–Trinajstić information content (AvgIpc) is 2.68. The SMILES string of the molecule is C[C@@H]1[NH2+][C@H](C(=O)[O-])C[C@@H]2c3ccccc3N[C@@H]12. The zero-order valence-electron chi connectivity index (χ0n) is 9.72. The van der Waals surface area contributed by atoms with E-state index >= 15 is 0 Å². The topological polar surface area (TPSA) is 68.8 Å². The van der Waals surface area contributed by atoms with Gasteiger partial charge in [-0.3, -0.25) is 0 Å². The third-order valence-corrected chi connectivity index (χ3v) is 4.03. The first-order valence-corrected chi connectivity index (χ1v) is 6.08. The fraction of sp³-hybridized carbons (Fsp3) is 0.462. The number of rotatable bonds is 1. The predicted octanol–water partition coefficient (Wildman–Crippen LogP) is -0.962. The normalized spacial score (nSPS) is 34.6. The van der Waals surface area contributed by atoms with E-state index in [2.05, 4.69) is 24.4 Å². The largest absolute Gasteiger partial charge is 0.544 e. The number of anilines is 1. The third kappa shape index (κ3) is 1.60. The van der Waals surface area contributed by atoms with E-state index in [0.717, 1.165) is 5.69 Å². The van der Waals surface area contributed by atoms with E-state index in [1.165, 1.54) is 5.56 Å². The van der Waals surface area contributed by atoms with Gasteiger partial charge < -0.3 is 20.5 Å². The summed E-state index contributed by atoms with van der Waals surface area (Å²) < 4.78 is 0. The number of hydrogen-bond donors (Lipinski definition) is 2. The smallest absolute Gasteiger partial charge is 0.127 e. The molecule has 0 spiro atoms. The molecule has 0 bridgehead atoms. The number of carboxylic acid groups (broad SMARTS) is 1. The summed E-state index contributed by atoms with van der Waals surface area (Å²) in [6.07, 6.45) is 0.654. The standard InChI is InChI=1S/C13H16N2O2/c1-7-12-9(6-11(14-7)13(16)17)8-4-2-3-5-10(8)15-12/h2-5,7,9,11-12,14-15H,6H2,1H3,(H,16,17)/t7-,9+,11-,12-/m0/s1. The lowest BCUT2D eigenvalue weighted by atomic mass is 9.82. The van der Waals surface area contributed by atoms with Crippen molar-refractivity contribution in [3.8, 4) is 0 Å². The van der Waals surface area contributed by atoms with Crippen LogP contribution in [-0.2, 0) is 4.79 Å². The van der Waals surface area contributed by atoms with Gasteiger partial charge in [0.15, 0.2) is 0 Å². The maximum atomic E-state index is 11.0. The molecule has 0 saturated carbocycles. The number of carbonyl (C=O) groups excluding carboxylic acids is 1. The first kappa shape index (κ1) is 10.6. The average molecular weight is 232 g/mol. The lowest BCUT2D eigenvalue weighted by molar-refractivity contribution is -0.722. The molecule has 0 aliphatic carbocycles. The highest BCUT2D eigenvalue weighted by Crippen LogP contribution is 2.40. The van der Waals surface area contributed by atoms with Gasteiger partial charge in [-0.15, -0.1) is 0 Å². The Morgan fingerprint density at radius 2 is 2.24 bits per heavy atom. The van der Waals surface area contributed by atoms with Crippen molar-refractivity contribution >= 4 is 11.7 Å². The highest BCUT2D eigenvalue weighted by atomic mass is 16.4. The number of para-hydroxylation sites is 1. The highest BCUT2D eigenvalue weighted by Gasteiger charge is 2.44. The van der Waals surface area contributed by atoms with Crippen LogP contribution in [0.15, 0.2) is 24.3 Å². The number of carbonyl (C=O) groups is 1. The van der Waals surface area contributed by atoms with Crippen molar-refractivity contribution in [1.29, 1.82) is 0 Å². The zero-order chi connectivity index (χ0) is 12.0. The molecule has 2 heterocycles. The number of nitrogens with two attached hydrogens (primary N) is 1. The first-order valence-electron chi connectivity index (χ1n) is 6.08. The molecule has 1 aromatic carbocycles. The molecule has 90 valence electrons. The molecule has 3 N–H and O–H groups in total. The molecule has 4 heteroatoms. The van der Waals surface area contributed by atoms with Crippen LogP contribution in [0.5, 0.6) is 0 Å². The van der Waals surface area contributed by atoms with Crippen LogP contribution >= 0.6 is 0 Å². The van der Waals surface area contributed by atoms with Crippen LogP contribution in [0.25, 0.3) is 0 Å². The Morgan fingerprint density at radius 1 is 1.47 bits per heavy atom. The number of benzene rings is 1. The summed E-state index contributed by atoms with van der Waals surface area (Å²) in [6, 6.07) is 8.35. The number of fused-ring (bicyclic) bond motifs is 3. The molecule has 0 aromatic heterocycles. The van der Waals surface area contributed by atoms with Crippen molar-refractivity contribution in [2.24, 2.45) is 0 Å². The van der Waals surface area contributed by atoms with Crippen LogP contribution in [0.1, 0.15) is 24.8 Å². The highest BCUT2D eigenvalue weighted by molar-refractivity contribution is 5.70. The molecule has 3 rings (SSSR count). The molecule has 1 aromatic rings. The summed E-state index contributed by atoms with van der Waals surface area (Å²) in [7, 11) is 0. The quantitative estimate of drug-likeness (QED) is 0.655. The van der Waals surface area contributed by atoms with Crippen LogP contribution in [0.3, 0.4) is 0 Å². The molecule has 4 atom stereocenters. The second-order valence-electron chi connectivity index (χ2n) is 5.08. The molecule has 2 aliphatic rings. The second kappa shape index (κ2) is 3.74. The van der Waals surface area contributed by atoms with Crippen LogP contribution < -0.4 is 15.7 Å². The summed E-state index contributed by atoms with van der Waals surface area (Å²) in [4.78, 5) is 11.0. The van der Waals surface area contributed by atoms with Crippen LogP contribution in [-0.4, -0.2) is 24.1 Å². The number of piperidine rings is 1. The van der Waals surface area contributed by atoms with Crippen molar-refractivity contribution in [2.75, 3.05) is 5.32 Å². The van der Waals surface area contributed by atoms with E-state index in [1.54, 1.807) is 0 Å². The van der Waals surface area contributed by atoms with Gasteiger partial charge in [0, 0.05) is 18.0 Å². The van der Waals surface area contributed by atoms with Gasteiger partial charge in [0.25, 0.3) is 0 Å². The Balaban J connectivity index is 1.94. The Kier molecular flexibility index (Phi) is 2.33. The second-order valence-corrected chi connectivity index (χ2v) is 5.08. The predicted molar refractivity (Wildman–Crippen MR) is 61.4 cm³/mol. The van der Waals surface area contributed by atoms with Crippen molar-refractivity contribution in [1.82, 2.24) is 0 Å². The minimum absolute atomic E-state index is 0.254. The molecule has 0 radical (unpaired) electrons. The minimum atomic E-state index is -0.945. The van der Waals surface area contributed by atoms with Gasteiger partial charge in [0.2, 0.25) is 0 Å². The van der Waals surface area contributed by atoms with E-state index in [1.807, 2.05) is 17.4 Å². The van der Waals surface area contributed by atoms with E-state index in [-0.39, 0.29) is 6.04 Å². The Hall–Kier alpha value is -1.55. The molecule has 2 aliphatic heterocycles. The van der Waals surface area contributed by atoms with Crippen LogP contribution in [0, 0.1) is 0 Å². The molecule has 1 fully saturated rings. The Morgan fingerprint density at radius 3 is 3.00 bits per heavy atom. The summed E-state index contributed by atoms with van der Waals surface area (Å²) in [6.45, 7) is 2.08. The van der Waals surface area contributed by atoms with Gasteiger partial charge in [-0.2, -0.15) is 0 Å². The molecule has 0 unspecified atom stereocenters. The van der Waals surface area contributed by atoms with E-state index in [0.29, 0.717) is 18.4 Å². The number of nitrogens with one attached hydrogen (secondary N) is 1. The Labute approximate surface area is 100 Å². The molecule has 17 heavy (non-hydrogen) atoms. The number of aliphatic carboxylic acids is 1.